The molecule has 1 amide bonds. The maximum absolute atomic E-state index is 12.5. The molecule has 1 aliphatic heterocycles. The number of pyridine rings is 1. The van der Waals surface area contributed by atoms with E-state index in [0.717, 1.165) is 37.5 Å². The minimum Gasteiger partial charge on any atom is -0.370 e. The number of hydrogen-bond donors (Lipinski definition) is 1. The van der Waals surface area contributed by atoms with Crippen molar-refractivity contribution in [2.45, 2.75) is 26.7 Å². The van der Waals surface area contributed by atoms with Crippen molar-refractivity contribution >= 4 is 23.1 Å². The zero-order valence-electron chi connectivity index (χ0n) is 14.7. The molecule has 25 heavy (non-hydrogen) atoms. The number of aromatic nitrogens is 1. The van der Waals surface area contributed by atoms with Gasteiger partial charge in [0.2, 0.25) is 0 Å². The summed E-state index contributed by atoms with van der Waals surface area (Å²) in [5.41, 5.74) is 2.68. The lowest BCUT2D eigenvalue weighted by Crippen LogP contribution is -2.33. The Morgan fingerprint density at radius 3 is 2.60 bits per heavy atom. The van der Waals surface area contributed by atoms with Crippen LogP contribution in [0.15, 0.2) is 42.7 Å². The van der Waals surface area contributed by atoms with Crippen LogP contribution < -0.4 is 10.2 Å². The van der Waals surface area contributed by atoms with Crippen molar-refractivity contribution < 1.29 is 9.59 Å². The van der Waals surface area contributed by atoms with Gasteiger partial charge in [0, 0.05) is 30.5 Å². The molecule has 0 radical (unpaired) electrons. The Hall–Kier alpha value is -2.69. The summed E-state index contributed by atoms with van der Waals surface area (Å²) in [6, 6.07) is 8.83. The Morgan fingerprint density at radius 1 is 1.12 bits per heavy atom. The smallest absolute Gasteiger partial charge is 0.257 e. The lowest BCUT2D eigenvalue weighted by atomic mass is 9.99. The highest BCUT2D eigenvalue weighted by Crippen LogP contribution is 2.23. The molecular weight excluding hydrogens is 314 g/mol. The molecule has 2 heterocycles. The third-order valence-electron chi connectivity index (χ3n) is 4.66. The quantitative estimate of drug-likeness (QED) is 0.863. The van der Waals surface area contributed by atoms with Crippen molar-refractivity contribution in [3.8, 4) is 0 Å². The molecule has 1 aromatic heterocycles. The number of amides is 1. The highest BCUT2D eigenvalue weighted by molar-refractivity contribution is 6.05. The molecule has 1 N–H and O–H groups in total. The zero-order chi connectivity index (χ0) is 17.8. The first-order valence-corrected chi connectivity index (χ1v) is 8.65. The van der Waals surface area contributed by atoms with Gasteiger partial charge >= 0.3 is 0 Å². The predicted molar refractivity (Wildman–Crippen MR) is 99.2 cm³/mol. The van der Waals surface area contributed by atoms with Crippen LogP contribution in [0, 0.1) is 5.92 Å². The lowest BCUT2D eigenvalue weighted by molar-refractivity contribution is 0.101. The number of Topliss-reactive ketones (excluding diaryl/α,β-unsaturated/α-hetero) is 1. The number of carbonyl (C=O) groups excluding carboxylic acids is 2. The van der Waals surface area contributed by atoms with Crippen LogP contribution in [0.4, 0.5) is 11.4 Å². The summed E-state index contributed by atoms with van der Waals surface area (Å²) >= 11 is 0. The number of hydrogen-bond acceptors (Lipinski definition) is 4. The fourth-order valence-electron chi connectivity index (χ4n) is 3.01. The van der Waals surface area contributed by atoms with Crippen molar-refractivity contribution in [2.75, 3.05) is 23.3 Å². The molecule has 5 heteroatoms. The maximum Gasteiger partial charge on any atom is 0.257 e. The highest BCUT2D eigenvalue weighted by Gasteiger charge is 2.17. The van der Waals surface area contributed by atoms with Crippen molar-refractivity contribution in [3.05, 3.63) is 53.9 Å². The molecule has 0 spiro atoms. The Labute approximate surface area is 148 Å². The largest absolute Gasteiger partial charge is 0.370 e. The topological polar surface area (TPSA) is 62.3 Å². The first kappa shape index (κ1) is 17.1. The van der Waals surface area contributed by atoms with Gasteiger partial charge < -0.3 is 10.2 Å². The summed E-state index contributed by atoms with van der Waals surface area (Å²) in [6.07, 6.45) is 5.70. The van der Waals surface area contributed by atoms with Gasteiger partial charge in [0.1, 0.15) is 0 Å². The van der Waals surface area contributed by atoms with Crippen LogP contribution in [0.5, 0.6) is 0 Å². The molecule has 0 aliphatic carbocycles. The third-order valence-corrected chi connectivity index (χ3v) is 4.66. The average molecular weight is 337 g/mol. The van der Waals surface area contributed by atoms with Gasteiger partial charge in [-0.15, -0.1) is 0 Å². The van der Waals surface area contributed by atoms with Crippen molar-refractivity contribution in [2.24, 2.45) is 5.92 Å². The van der Waals surface area contributed by atoms with E-state index in [1.165, 1.54) is 6.92 Å². The van der Waals surface area contributed by atoms with Crippen molar-refractivity contribution in [1.29, 1.82) is 0 Å². The van der Waals surface area contributed by atoms with Gasteiger partial charge in [-0.25, -0.2) is 0 Å². The molecule has 1 saturated heterocycles. The van der Waals surface area contributed by atoms with E-state index in [1.54, 1.807) is 30.5 Å². The van der Waals surface area contributed by atoms with E-state index in [-0.39, 0.29) is 11.7 Å². The molecule has 0 unspecified atom stereocenters. The number of piperidine rings is 1. The van der Waals surface area contributed by atoms with Crippen LogP contribution in [0.3, 0.4) is 0 Å². The highest BCUT2D eigenvalue weighted by atomic mass is 16.1. The van der Waals surface area contributed by atoms with Gasteiger partial charge in [-0.05, 0) is 43.9 Å². The second-order valence-electron chi connectivity index (χ2n) is 6.69. The fraction of sp³-hybridized carbons (Fsp3) is 0.350. The zero-order valence-corrected chi connectivity index (χ0v) is 14.7. The fourth-order valence-corrected chi connectivity index (χ4v) is 3.01. The number of nitrogens with zero attached hydrogens (tertiary/aromatic N) is 2. The number of rotatable bonds is 4. The third kappa shape index (κ3) is 4.24. The van der Waals surface area contributed by atoms with E-state index in [4.69, 9.17) is 0 Å². The summed E-state index contributed by atoms with van der Waals surface area (Å²) in [7, 11) is 0. The van der Waals surface area contributed by atoms with Crippen LogP contribution in [0.2, 0.25) is 0 Å². The van der Waals surface area contributed by atoms with E-state index in [0.29, 0.717) is 16.8 Å². The second kappa shape index (κ2) is 7.47. The summed E-state index contributed by atoms with van der Waals surface area (Å²) in [5, 5.41) is 2.84. The Bertz CT molecular complexity index is 780. The Balaban J connectivity index is 1.73. The molecule has 0 atom stereocenters. The molecule has 2 aromatic rings. The van der Waals surface area contributed by atoms with E-state index in [1.807, 2.05) is 12.3 Å². The van der Waals surface area contributed by atoms with E-state index in [9.17, 15) is 9.59 Å². The molecule has 3 rings (SSSR count). The molecule has 1 fully saturated rings. The summed E-state index contributed by atoms with van der Waals surface area (Å²) in [4.78, 5) is 30.5. The monoisotopic (exact) mass is 337 g/mol. The van der Waals surface area contributed by atoms with Gasteiger partial charge in [-0.2, -0.15) is 0 Å². The number of anilines is 2. The molecule has 1 aromatic carbocycles. The second-order valence-corrected chi connectivity index (χ2v) is 6.69. The molecule has 0 saturated carbocycles. The van der Waals surface area contributed by atoms with Crippen LogP contribution in [-0.4, -0.2) is 29.8 Å². The normalized spacial score (nSPS) is 15.0. The van der Waals surface area contributed by atoms with Crippen LogP contribution in [0.25, 0.3) is 0 Å². The summed E-state index contributed by atoms with van der Waals surface area (Å²) in [6.45, 7) is 5.77. The van der Waals surface area contributed by atoms with Crippen LogP contribution in [0.1, 0.15) is 47.4 Å². The van der Waals surface area contributed by atoms with Gasteiger partial charge in [-0.3, -0.25) is 14.6 Å². The van der Waals surface area contributed by atoms with Crippen molar-refractivity contribution in [1.82, 2.24) is 4.98 Å². The summed E-state index contributed by atoms with van der Waals surface area (Å²) in [5.74, 6) is 0.503. The minimum atomic E-state index is -0.222. The maximum atomic E-state index is 12.5. The first-order valence-electron chi connectivity index (χ1n) is 8.65. The Kier molecular flexibility index (Phi) is 5.12. The minimum absolute atomic E-state index is 0.0286. The van der Waals surface area contributed by atoms with Gasteiger partial charge in [0.05, 0.1) is 17.4 Å². The summed E-state index contributed by atoms with van der Waals surface area (Å²) < 4.78 is 0. The van der Waals surface area contributed by atoms with Gasteiger partial charge in [-0.1, -0.05) is 19.1 Å². The SMILES string of the molecule is CC(=O)c1cccc(NC(=O)c2cncc(N3CCC(C)CC3)c2)c1. The molecule has 5 nitrogen and oxygen atoms in total. The Morgan fingerprint density at radius 2 is 1.88 bits per heavy atom. The predicted octanol–water partition coefficient (Wildman–Crippen LogP) is 3.77. The van der Waals surface area contributed by atoms with Crippen molar-refractivity contribution in [3.63, 3.8) is 0 Å². The number of carbonyl (C=O) groups is 2. The van der Waals surface area contributed by atoms with Gasteiger partial charge in [0.15, 0.2) is 5.78 Å². The molecule has 130 valence electrons. The van der Waals surface area contributed by atoms with Crippen LogP contribution in [-0.2, 0) is 0 Å². The average Bonchev–Trinajstić information content (AvgIpc) is 2.62. The number of benzene rings is 1. The number of nitrogens with one attached hydrogen (secondary N) is 1. The van der Waals surface area contributed by atoms with Gasteiger partial charge in [0.25, 0.3) is 5.91 Å². The van der Waals surface area contributed by atoms with Crippen LogP contribution >= 0.6 is 0 Å². The van der Waals surface area contributed by atoms with E-state index in [2.05, 4.69) is 22.1 Å². The van der Waals surface area contributed by atoms with E-state index >= 15 is 0 Å². The standard InChI is InChI=1S/C20H23N3O2/c1-14-6-8-23(9-7-14)19-11-17(12-21-13-19)20(25)22-18-5-3-4-16(10-18)15(2)24/h3-5,10-14H,6-9H2,1-2H3,(H,22,25). The van der Waals surface area contributed by atoms with E-state index < -0.39 is 0 Å². The number of ketones is 1. The molecule has 1 aliphatic rings. The lowest BCUT2D eigenvalue weighted by Gasteiger charge is -2.32. The molecular formula is C20H23N3O2. The molecule has 0 bridgehead atoms. The first-order chi connectivity index (χ1) is 12.0.